The van der Waals surface area contributed by atoms with E-state index in [1.165, 1.54) is 17.1 Å². The topological polar surface area (TPSA) is 34.9 Å². The van der Waals surface area contributed by atoms with Gasteiger partial charge in [-0.05, 0) is 0 Å². The minimum Gasteiger partial charge on any atom is -0.276 e. The Hall–Kier alpha value is -1.56. The summed E-state index contributed by atoms with van der Waals surface area (Å²) in [4.78, 5) is 14.6. The molecule has 0 spiro atoms. The monoisotopic (exact) mass is 134 g/mol. The van der Waals surface area contributed by atoms with Gasteiger partial charge in [0.1, 0.15) is 6.33 Å². The molecule has 3 heteroatoms. The summed E-state index contributed by atoms with van der Waals surface area (Å²) in [7, 11) is 0. The second-order valence-electron chi connectivity index (χ2n) is 1.74. The maximum atomic E-state index is 10.9. The van der Waals surface area contributed by atoms with Crippen molar-refractivity contribution in [2.75, 3.05) is 0 Å². The molecule has 50 valence electrons. The fraction of sp³-hybridized carbons (Fsp3) is 0.143. The summed E-state index contributed by atoms with van der Waals surface area (Å²) in [5.41, 5.74) is 0. The highest BCUT2D eigenvalue weighted by molar-refractivity contribution is 5.80. The molecule has 0 saturated carbocycles. The minimum absolute atomic E-state index is 0.121. The van der Waals surface area contributed by atoms with Gasteiger partial charge in [0.05, 0.1) is 6.42 Å². The summed E-state index contributed by atoms with van der Waals surface area (Å²) < 4.78 is 1.36. The predicted molar refractivity (Wildman–Crippen MR) is 36.3 cm³/mol. The lowest BCUT2D eigenvalue weighted by Gasteiger charge is -1.92. The van der Waals surface area contributed by atoms with Crippen molar-refractivity contribution in [1.82, 2.24) is 9.55 Å². The molecule has 0 N–H and O–H groups in total. The number of nitrogens with zero attached hydrogens (tertiary/aromatic N) is 2. The second kappa shape index (κ2) is 2.83. The van der Waals surface area contributed by atoms with Crippen LogP contribution in [-0.4, -0.2) is 15.5 Å². The molecule has 1 aromatic rings. The largest absolute Gasteiger partial charge is 0.276 e. The van der Waals surface area contributed by atoms with E-state index in [1.807, 2.05) is 0 Å². The zero-order chi connectivity index (χ0) is 7.40. The van der Waals surface area contributed by atoms with Crippen molar-refractivity contribution in [3.8, 4) is 12.3 Å². The molecule has 10 heavy (non-hydrogen) atoms. The van der Waals surface area contributed by atoms with Crippen LogP contribution in [0, 0.1) is 12.3 Å². The highest BCUT2D eigenvalue weighted by atomic mass is 16.1. The van der Waals surface area contributed by atoms with Crippen LogP contribution in [0.3, 0.4) is 0 Å². The molecular formula is C7H6N2O. The van der Waals surface area contributed by atoms with Gasteiger partial charge >= 0.3 is 0 Å². The molecule has 0 aromatic carbocycles. The summed E-state index contributed by atoms with van der Waals surface area (Å²) in [6.45, 7) is 0. The standard InChI is InChI=1S/C7H6N2O/c1-2-3-7(10)9-5-4-8-6-9/h1,4-6H,3H2. The van der Waals surface area contributed by atoms with E-state index in [9.17, 15) is 4.79 Å². The van der Waals surface area contributed by atoms with E-state index in [-0.39, 0.29) is 12.3 Å². The van der Waals surface area contributed by atoms with E-state index in [0.717, 1.165) is 0 Å². The third-order valence-electron chi connectivity index (χ3n) is 1.05. The zero-order valence-electron chi connectivity index (χ0n) is 5.32. The first kappa shape index (κ1) is 6.56. The Bertz CT molecular complexity index is 256. The maximum absolute atomic E-state index is 10.9. The van der Waals surface area contributed by atoms with E-state index in [2.05, 4.69) is 10.9 Å². The lowest BCUT2D eigenvalue weighted by atomic mass is 10.4. The maximum Gasteiger partial charge on any atom is 0.243 e. The molecule has 0 atom stereocenters. The van der Waals surface area contributed by atoms with Gasteiger partial charge < -0.3 is 0 Å². The van der Waals surface area contributed by atoms with Crippen molar-refractivity contribution in [2.45, 2.75) is 6.42 Å². The Morgan fingerprint density at radius 2 is 2.60 bits per heavy atom. The van der Waals surface area contributed by atoms with Crippen LogP contribution < -0.4 is 0 Å². The average molecular weight is 134 g/mol. The van der Waals surface area contributed by atoms with Gasteiger partial charge in [0.25, 0.3) is 0 Å². The van der Waals surface area contributed by atoms with Crippen LogP contribution in [0.25, 0.3) is 0 Å². The average Bonchev–Trinajstić information content (AvgIpc) is 2.38. The first-order valence-corrected chi connectivity index (χ1v) is 2.79. The van der Waals surface area contributed by atoms with Crippen molar-refractivity contribution in [1.29, 1.82) is 0 Å². The Morgan fingerprint density at radius 1 is 1.80 bits per heavy atom. The number of imidazole rings is 1. The SMILES string of the molecule is C#CCC(=O)n1ccnc1. The summed E-state index contributed by atoms with van der Waals surface area (Å²) in [5, 5.41) is 0. The lowest BCUT2D eigenvalue weighted by molar-refractivity contribution is 0.0919. The van der Waals surface area contributed by atoms with Crippen LogP contribution in [-0.2, 0) is 0 Å². The van der Waals surface area contributed by atoms with Gasteiger partial charge in [0, 0.05) is 12.4 Å². The van der Waals surface area contributed by atoms with Crippen LogP contribution >= 0.6 is 0 Å². The fourth-order valence-corrected chi connectivity index (χ4v) is 0.585. The molecular weight excluding hydrogens is 128 g/mol. The predicted octanol–water partition coefficient (Wildman–Crippen LogP) is 0.547. The quantitative estimate of drug-likeness (QED) is 0.525. The first-order valence-electron chi connectivity index (χ1n) is 2.79. The normalized spacial score (nSPS) is 8.70. The molecule has 0 unspecified atom stereocenters. The third kappa shape index (κ3) is 1.23. The third-order valence-corrected chi connectivity index (χ3v) is 1.05. The van der Waals surface area contributed by atoms with Crippen molar-refractivity contribution in [2.24, 2.45) is 0 Å². The minimum atomic E-state index is -0.125. The van der Waals surface area contributed by atoms with Crippen LogP contribution in [0.1, 0.15) is 11.2 Å². The molecule has 0 saturated heterocycles. The molecule has 3 nitrogen and oxygen atoms in total. The highest BCUT2D eigenvalue weighted by Gasteiger charge is 1.98. The summed E-state index contributed by atoms with van der Waals surface area (Å²) >= 11 is 0. The number of carbonyl (C=O) groups excluding carboxylic acids is 1. The van der Waals surface area contributed by atoms with Crippen molar-refractivity contribution in [3.63, 3.8) is 0 Å². The van der Waals surface area contributed by atoms with Gasteiger partial charge in [-0.25, -0.2) is 4.98 Å². The molecule has 0 amide bonds. The van der Waals surface area contributed by atoms with Crippen LogP contribution in [0.5, 0.6) is 0 Å². The number of hydrogen-bond donors (Lipinski definition) is 0. The zero-order valence-corrected chi connectivity index (χ0v) is 5.32. The lowest BCUT2D eigenvalue weighted by Crippen LogP contribution is -2.05. The van der Waals surface area contributed by atoms with Gasteiger partial charge in [0.15, 0.2) is 0 Å². The molecule has 0 aliphatic carbocycles. The van der Waals surface area contributed by atoms with Gasteiger partial charge in [-0.3, -0.25) is 9.36 Å². The van der Waals surface area contributed by atoms with E-state index in [0.29, 0.717) is 0 Å². The summed E-state index contributed by atoms with van der Waals surface area (Å²) in [6, 6.07) is 0. The van der Waals surface area contributed by atoms with Gasteiger partial charge in [-0.15, -0.1) is 6.42 Å². The van der Waals surface area contributed by atoms with E-state index in [1.54, 1.807) is 6.20 Å². The molecule has 0 bridgehead atoms. The number of carbonyl (C=O) groups is 1. The van der Waals surface area contributed by atoms with Gasteiger partial charge in [0.2, 0.25) is 5.91 Å². The molecule has 0 aliphatic heterocycles. The number of rotatable bonds is 1. The Kier molecular flexibility index (Phi) is 1.86. The Labute approximate surface area is 58.7 Å². The van der Waals surface area contributed by atoms with Crippen LogP contribution in [0.2, 0.25) is 0 Å². The molecule has 1 rings (SSSR count). The summed E-state index contributed by atoms with van der Waals surface area (Å²) in [6.07, 6.45) is 9.59. The Morgan fingerprint density at radius 3 is 3.10 bits per heavy atom. The van der Waals surface area contributed by atoms with E-state index >= 15 is 0 Å². The van der Waals surface area contributed by atoms with E-state index in [4.69, 9.17) is 6.42 Å². The number of terminal acetylenes is 1. The Balaban J connectivity index is 2.71. The van der Waals surface area contributed by atoms with Crippen molar-refractivity contribution >= 4 is 5.91 Å². The number of aromatic nitrogens is 2. The summed E-state index contributed by atoms with van der Waals surface area (Å²) in [5.74, 6) is 2.13. The first-order chi connectivity index (χ1) is 4.84. The number of hydrogen-bond acceptors (Lipinski definition) is 2. The molecule has 0 radical (unpaired) electrons. The molecule has 0 fully saturated rings. The molecule has 1 aromatic heterocycles. The highest BCUT2D eigenvalue weighted by Crippen LogP contribution is 1.88. The molecule has 0 aliphatic rings. The smallest absolute Gasteiger partial charge is 0.243 e. The second-order valence-corrected chi connectivity index (χ2v) is 1.74. The van der Waals surface area contributed by atoms with Crippen LogP contribution in [0.4, 0.5) is 0 Å². The van der Waals surface area contributed by atoms with Crippen molar-refractivity contribution < 1.29 is 4.79 Å². The van der Waals surface area contributed by atoms with E-state index < -0.39 is 0 Å². The van der Waals surface area contributed by atoms with Gasteiger partial charge in [-0.2, -0.15) is 0 Å². The van der Waals surface area contributed by atoms with Crippen molar-refractivity contribution in [3.05, 3.63) is 18.7 Å². The fourth-order valence-electron chi connectivity index (χ4n) is 0.585. The van der Waals surface area contributed by atoms with Crippen LogP contribution in [0.15, 0.2) is 18.7 Å². The van der Waals surface area contributed by atoms with Gasteiger partial charge in [-0.1, -0.05) is 5.92 Å². The molecule has 1 heterocycles.